The molecule has 41 heavy (non-hydrogen) atoms. The Hall–Kier alpha value is -1.94. The van der Waals surface area contributed by atoms with Crippen LogP contribution in [-0.2, 0) is 24.8 Å². The summed E-state index contributed by atoms with van der Waals surface area (Å²) in [6.45, 7) is 12.9. The van der Waals surface area contributed by atoms with Crippen molar-refractivity contribution in [2.24, 2.45) is 24.3 Å². The fraction of sp³-hybridized carbons (Fsp3) is 0.774. The van der Waals surface area contributed by atoms with Crippen LogP contribution in [0.2, 0.25) is 5.02 Å². The lowest BCUT2D eigenvalue weighted by Crippen LogP contribution is -2.50. The second-order valence-corrected chi connectivity index (χ2v) is 14.6. The molecule has 0 aromatic carbocycles. The number of hydrazine groups is 1. The molecule has 4 fully saturated rings. The topological polar surface area (TPSA) is 83.4 Å². The molecule has 2 aromatic rings. The molecule has 2 saturated carbocycles. The standard InChI is InChI=1S/C31H47ClN8O/c1-17-7-10-22-25(18(2)35-36-22)24(17)28-33-21-11-13-39(30-26(32)27(19-8-9-19)37-38(30)5)15-20(21)29(34-28)40-14-12-23(41-6)31(3,4)16-40/h17-19,22-25,35-36H,7-16H2,1-6H3/t17?,18?,22?,23-,24?,25?/m1/s1. The Kier molecular flexibility index (Phi) is 7.04. The van der Waals surface area contributed by atoms with Crippen LogP contribution in [0.1, 0.15) is 94.4 Å². The molecule has 0 spiro atoms. The van der Waals surface area contributed by atoms with E-state index in [1.807, 2.05) is 18.8 Å². The summed E-state index contributed by atoms with van der Waals surface area (Å²) >= 11 is 7.00. The van der Waals surface area contributed by atoms with E-state index in [9.17, 15) is 0 Å². The summed E-state index contributed by atoms with van der Waals surface area (Å²) in [6, 6.07) is 0.879. The number of hydrogen-bond donors (Lipinski definition) is 2. The van der Waals surface area contributed by atoms with E-state index in [-0.39, 0.29) is 11.5 Å². The van der Waals surface area contributed by atoms with Gasteiger partial charge in [-0.15, -0.1) is 0 Å². The van der Waals surface area contributed by atoms with E-state index in [1.165, 1.54) is 36.9 Å². The molecule has 2 aromatic heterocycles. The van der Waals surface area contributed by atoms with E-state index in [2.05, 4.69) is 48.3 Å². The number of methoxy groups -OCH3 is 1. The van der Waals surface area contributed by atoms with Gasteiger partial charge in [0.1, 0.15) is 22.5 Å². The number of halogens is 1. The van der Waals surface area contributed by atoms with Crippen LogP contribution in [0.15, 0.2) is 0 Å². The third-order valence-electron chi connectivity index (χ3n) is 10.8. The Morgan fingerprint density at radius 1 is 1.00 bits per heavy atom. The molecule has 3 aliphatic heterocycles. The van der Waals surface area contributed by atoms with Crippen molar-refractivity contribution in [1.29, 1.82) is 0 Å². The van der Waals surface area contributed by atoms with E-state index >= 15 is 0 Å². The highest BCUT2D eigenvalue weighted by atomic mass is 35.5. The summed E-state index contributed by atoms with van der Waals surface area (Å²) in [5.41, 5.74) is 10.7. The predicted molar refractivity (Wildman–Crippen MR) is 163 cm³/mol. The molecule has 2 N–H and O–H groups in total. The normalized spacial score (nSPS) is 33.1. The fourth-order valence-electron chi connectivity index (χ4n) is 8.46. The number of ether oxygens (including phenoxy) is 1. The SMILES string of the molecule is CO[C@@H]1CCN(c2nc(C3C(C)CCC4NNC(C)C43)nc3c2CN(c2c(Cl)c(C4CC4)nn2C)CC3)CC1(C)C. The first-order valence-corrected chi connectivity index (χ1v) is 16.2. The number of nitrogens with one attached hydrogen (secondary N) is 2. The van der Waals surface area contributed by atoms with Gasteiger partial charge >= 0.3 is 0 Å². The molecule has 7 rings (SSSR count). The van der Waals surface area contributed by atoms with Gasteiger partial charge in [-0.3, -0.25) is 15.5 Å². The fourth-order valence-corrected chi connectivity index (χ4v) is 8.90. The van der Waals surface area contributed by atoms with Crippen LogP contribution in [0.25, 0.3) is 0 Å². The molecule has 0 amide bonds. The van der Waals surface area contributed by atoms with Crippen molar-refractivity contribution >= 4 is 23.2 Å². The Bertz CT molecular complexity index is 1310. The van der Waals surface area contributed by atoms with E-state index < -0.39 is 0 Å². The van der Waals surface area contributed by atoms with Crippen molar-refractivity contribution in [3.05, 3.63) is 27.8 Å². The van der Waals surface area contributed by atoms with Crippen LogP contribution in [0.3, 0.4) is 0 Å². The van der Waals surface area contributed by atoms with Gasteiger partial charge in [-0.2, -0.15) is 5.10 Å². The van der Waals surface area contributed by atoms with Gasteiger partial charge in [0.15, 0.2) is 0 Å². The van der Waals surface area contributed by atoms with Gasteiger partial charge in [0.05, 0.1) is 17.5 Å². The number of piperidine rings is 1. The van der Waals surface area contributed by atoms with Crippen LogP contribution in [-0.4, -0.2) is 64.7 Å². The van der Waals surface area contributed by atoms with Crippen molar-refractivity contribution in [2.75, 3.05) is 36.5 Å². The first kappa shape index (κ1) is 27.9. The molecule has 5 heterocycles. The summed E-state index contributed by atoms with van der Waals surface area (Å²) in [6.07, 6.45) is 6.92. The Balaban J connectivity index is 1.29. The molecule has 0 radical (unpaired) electrons. The van der Waals surface area contributed by atoms with Crippen molar-refractivity contribution in [3.8, 4) is 0 Å². The maximum atomic E-state index is 7.00. The van der Waals surface area contributed by atoms with E-state index in [1.54, 1.807) is 0 Å². The van der Waals surface area contributed by atoms with Crippen LogP contribution in [0.5, 0.6) is 0 Å². The molecular formula is C31H47ClN8O. The average Bonchev–Trinajstić information content (AvgIpc) is 3.66. The molecule has 2 saturated heterocycles. The van der Waals surface area contributed by atoms with Gasteiger partial charge in [0.25, 0.3) is 0 Å². The maximum Gasteiger partial charge on any atom is 0.146 e. The number of fused-ring (bicyclic) bond motifs is 2. The lowest BCUT2D eigenvalue weighted by Gasteiger charge is -2.45. The zero-order chi connectivity index (χ0) is 28.6. The summed E-state index contributed by atoms with van der Waals surface area (Å²) in [7, 11) is 3.89. The highest BCUT2D eigenvalue weighted by Crippen LogP contribution is 2.48. The predicted octanol–water partition coefficient (Wildman–Crippen LogP) is 4.55. The minimum atomic E-state index is 0.0287. The van der Waals surface area contributed by atoms with Crippen molar-refractivity contribution < 1.29 is 4.74 Å². The molecule has 9 nitrogen and oxygen atoms in total. The molecule has 224 valence electrons. The van der Waals surface area contributed by atoms with E-state index in [0.717, 1.165) is 67.2 Å². The van der Waals surface area contributed by atoms with Crippen LogP contribution in [0.4, 0.5) is 11.6 Å². The second kappa shape index (κ2) is 10.4. The van der Waals surface area contributed by atoms with Crippen molar-refractivity contribution in [2.45, 2.75) is 103 Å². The molecule has 5 unspecified atom stereocenters. The van der Waals surface area contributed by atoms with Gasteiger partial charge in [-0.25, -0.2) is 9.97 Å². The number of nitrogens with zero attached hydrogens (tertiary/aromatic N) is 6. The quantitative estimate of drug-likeness (QED) is 0.531. The highest BCUT2D eigenvalue weighted by molar-refractivity contribution is 6.33. The second-order valence-electron chi connectivity index (χ2n) is 14.2. The van der Waals surface area contributed by atoms with Crippen molar-refractivity contribution in [3.63, 3.8) is 0 Å². The largest absolute Gasteiger partial charge is 0.381 e. The minimum Gasteiger partial charge on any atom is -0.381 e. The summed E-state index contributed by atoms with van der Waals surface area (Å²) in [5, 5.41) is 5.68. The molecule has 2 aliphatic carbocycles. The average molecular weight is 583 g/mol. The van der Waals surface area contributed by atoms with Gasteiger partial charge in [-0.05, 0) is 44.9 Å². The smallest absolute Gasteiger partial charge is 0.146 e. The van der Waals surface area contributed by atoms with Gasteiger partial charge in [-0.1, -0.05) is 32.4 Å². The Morgan fingerprint density at radius 2 is 1.80 bits per heavy atom. The molecular weight excluding hydrogens is 536 g/mol. The monoisotopic (exact) mass is 582 g/mol. The van der Waals surface area contributed by atoms with Gasteiger partial charge in [0.2, 0.25) is 0 Å². The number of rotatable bonds is 5. The number of anilines is 2. The van der Waals surface area contributed by atoms with Gasteiger partial charge < -0.3 is 14.5 Å². The Morgan fingerprint density at radius 3 is 2.54 bits per heavy atom. The van der Waals surface area contributed by atoms with Crippen LogP contribution in [0, 0.1) is 17.3 Å². The number of aryl methyl sites for hydroxylation is 1. The zero-order valence-electron chi connectivity index (χ0n) is 25.6. The highest BCUT2D eigenvalue weighted by Gasteiger charge is 2.47. The third-order valence-corrected chi connectivity index (χ3v) is 11.2. The zero-order valence-corrected chi connectivity index (χ0v) is 26.3. The van der Waals surface area contributed by atoms with Crippen LogP contribution < -0.4 is 20.7 Å². The molecule has 6 atom stereocenters. The Labute approximate surface area is 249 Å². The summed E-state index contributed by atoms with van der Waals surface area (Å²) in [5.74, 6) is 5.12. The number of aromatic nitrogens is 4. The van der Waals surface area contributed by atoms with Crippen LogP contribution >= 0.6 is 11.6 Å². The molecule has 10 heteroatoms. The minimum absolute atomic E-state index is 0.0287. The first-order valence-electron chi connectivity index (χ1n) is 15.8. The van der Waals surface area contributed by atoms with Gasteiger partial charge in [0, 0.05) is 87.6 Å². The van der Waals surface area contributed by atoms with E-state index in [0.29, 0.717) is 35.8 Å². The molecule has 0 bridgehead atoms. The summed E-state index contributed by atoms with van der Waals surface area (Å²) in [4.78, 5) is 15.9. The molecule has 5 aliphatic rings. The summed E-state index contributed by atoms with van der Waals surface area (Å²) < 4.78 is 7.91. The van der Waals surface area contributed by atoms with Crippen molar-refractivity contribution in [1.82, 2.24) is 30.6 Å². The first-order chi connectivity index (χ1) is 19.7. The lowest BCUT2D eigenvalue weighted by atomic mass is 9.68. The lowest BCUT2D eigenvalue weighted by molar-refractivity contribution is -0.00649. The number of hydrogen-bond acceptors (Lipinski definition) is 8. The third kappa shape index (κ3) is 4.75. The van der Waals surface area contributed by atoms with E-state index in [4.69, 9.17) is 31.4 Å². The maximum absolute atomic E-state index is 7.00.